The van der Waals surface area contributed by atoms with E-state index in [1.165, 1.54) is 13.1 Å². The van der Waals surface area contributed by atoms with Crippen LogP contribution in [-0.4, -0.2) is 31.7 Å². The average Bonchev–Trinajstić information content (AvgIpc) is 2.32. The molecule has 0 radical (unpaired) electrons. The Labute approximate surface area is 127 Å². The van der Waals surface area contributed by atoms with Crippen LogP contribution in [0.2, 0.25) is 10.0 Å². The lowest BCUT2D eigenvalue weighted by molar-refractivity contribution is 0.460. The van der Waals surface area contributed by atoms with Gasteiger partial charge in [0.2, 0.25) is 10.0 Å². The van der Waals surface area contributed by atoms with Gasteiger partial charge in [-0.25, -0.2) is 17.1 Å². The van der Waals surface area contributed by atoms with E-state index in [0.29, 0.717) is 6.42 Å². The van der Waals surface area contributed by atoms with Crippen molar-refractivity contribution in [1.82, 2.24) is 4.31 Å². The van der Waals surface area contributed by atoms with Gasteiger partial charge in [0.15, 0.2) is 5.82 Å². The second-order valence-electron chi connectivity index (χ2n) is 4.07. The molecule has 0 bridgehead atoms. The van der Waals surface area contributed by atoms with Crippen molar-refractivity contribution < 1.29 is 12.8 Å². The van der Waals surface area contributed by atoms with Gasteiger partial charge in [0.25, 0.3) is 0 Å². The van der Waals surface area contributed by atoms with Crippen molar-refractivity contribution in [2.75, 3.05) is 13.6 Å². The standard InChI is InChI=1S/C11H13Cl3FNO2S/c1-7(12)5-6-16(2)19(17,18)9-4-3-8(13)11(15)10(9)14/h3-4,7H,5-6H2,1-2H3. The number of halogens is 4. The zero-order valence-corrected chi connectivity index (χ0v) is 13.4. The fraction of sp³-hybridized carbons (Fsp3) is 0.455. The number of alkyl halides is 1. The van der Waals surface area contributed by atoms with Crippen LogP contribution in [0.15, 0.2) is 17.0 Å². The summed E-state index contributed by atoms with van der Waals surface area (Å²) in [7, 11) is -2.47. The number of rotatable bonds is 5. The van der Waals surface area contributed by atoms with Crippen molar-refractivity contribution in [3.63, 3.8) is 0 Å². The molecule has 0 aliphatic heterocycles. The molecule has 0 aliphatic rings. The lowest BCUT2D eigenvalue weighted by Gasteiger charge is -2.18. The predicted octanol–water partition coefficient (Wildman–Crippen LogP) is 3.77. The Morgan fingerprint density at radius 2 is 1.95 bits per heavy atom. The second-order valence-corrected chi connectivity index (χ2v) is 7.61. The third-order valence-corrected chi connectivity index (χ3v) is 5.42. The summed E-state index contributed by atoms with van der Waals surface area (Å²) in [6.07, 6.45) is 0.477. The van der Waals surface area contributed by atoms with Gasteiger partial charge in [-0.1, -0.05) is 23.2 Å². The molecule has 0 saturated heterocycles. The first-order chi connectivity index (χ1) is 8.67. The fourth-order valence-electron chi connectivity index (χ4n) is 1.36. The maximum atomic E-state index is 13.5. The molecule has 0 N–H and O–H groups in total. The van der Waals surface area contributed by atoms with Crippen LogP contribution in [0.1, 0.15) is 13.3 Å². The summed E-state index contributed by atoms with van der Waals surface area (Å²) < 4.78 is 39.1. The molecule has 0 heterocycles. The van der Waals surface area contributed by atoms with E-state index in [4.69, 9.17) is 34.8 Å². The molecule has 0 fully saturated rings. The van der Waals surface area contributed by atoms with Crippen molar-refractivity contribution in [3.8, 4) is 0 Å². The highest BCUT2D eigenvalue weighted by atomic mass is 35.5. The highest BCUT2D eigenvalue weighted by Gasteiger charge is 2.26. The molecule has 0 aromatic heterocycles. The molecule has 108 valence electrons. The van der Waals surface area contributed by atoms with Crippen LogP contribution in [0.5, 0.6) is 0 Å². The van der Waals surface area contributed by atoms with Gasteiger partial charge in [-0.3, -0.25) is 0 Å². The van der Waals surface area contributed by atoms with Crippen LogP contribution in [0.4, 0.5) is 4.39 Å². The molecule has 0 spiro atoms. The molecular weight excluding hydrogens is 336 g/mol. The topological polar surface area (TPSA) is 37.4 Å². The largest absolute Gasteiger partial charge is 0.244 e. The van der Waals surface area contributed by atoms with Crippen molar-refractivity contribution in [1.29, 1.82) is 0 Å². The van der Waals surface area contributed by atoms with Crippen LogP contribution in [0.3, 0.4) is 0 Å². The predicted molar refractivity (Wildman–Crippen MR) is 76.2 cm³/mol. The van der Waals surface area contributed by atoms with Gasteiger partial charge in [0.1, 0.15) is 4.90 Å². The lowest BCUT2D eigenvalue weighted by atomic mass is 10.3. The zero-order chi connectivity index (χ0) is 14.8. The Kier molecular flexibility index (Phi) is 5.89. The van der Waals surface area contributed by atoms with Gasteiger partial charge in [-0.2, -0.15) is 0 Å². The number of benzene rings is 1. The highest BCUT2D eigenvalue weighted by Crippen LogP contribution is 2.31. The summed E-state index contributed by atoms with van der Waals surface area (Å²) in [6.45, 7) is 1.98. The molecule has 3 nitrogen and oxygen atoms in total. The third-order valence-electron chi connectivity index (χ3n) is 2.53. The lowest BCUT2D eigenvalue weighted by Crippen LogP contribution is -2.29. The van der Waals surface area contributed by atoms with Crippen LogP contribution in [0, 0.1) is 5.82 Å². The average molecular weight is 349 g/mol. The smallest absolute Gasteiger partial charge is 0.207 e. The minimum absolute atomic E-state index is 0.157. The number of sulfonamides is 1. The van der Waals surface area contributed by atoms with Crippen LogP contribution >= 0.6 is 34.8 Å². The summed E-state index contributed by atoms with van der Waals surface area (Å²) in [5, 5.41) is -0.880. The quantitative estimate of drug-likeness (QED) is 0.600. The molecule has 19 heavy (non-hydrogen) atoms. The molecular formula is C11H13Cl3FNO2S. The first-order valence-electron chi connectivity index (χ1n) is 5.41. The maximum absolute atomic E-state index is 13.5. The molecule has 0 saturated carbocycles. The Hall–Kier alpha value is -0.0700. The van der Waals surface area contributed by atoms with E-state index in [9.17, 15) is 12.8 Å². The minimum Gasteiger partial charge on any atom is -0.207 e. The Bertz CT molecular complexity index is 563. The summed E-state index contributed by atoms with van der Waals surface area (Å²) in [5.74, 6) is -0.941. The summed E-state index contributed by atoms with van der Waals surface area (Å²) in [5.41, 5.74) is 0. The van der Waals surface area contributed by atoms with Crippen molar-refractivity contribution in [3.05, 3.63) is 28.0 Å². The third kappa shape index (κ3) is 3.95. The van der Waals surface area contributed by atoms with Crippen molar-refractivity contribution in [2.45, 2.75) is 23.6 Å². The van der Waals surface area contributed by atoms with E-state index in [1.807, 2.05) is 0 Å². The summed E-state index contributed by atoms with van der Waals surface area (Å²) >= 11 is 17.0. The molecule has 1 aromatic rings. The van der Waals surface area contributed by atoms with Gasteiger partial charge in [0.05, 0.1) is 10.0 Å². The molecule has 8 heteroatoms. The van der Waals surface area contributed by atoms with E-state index in [0.717, 1.165) is 10.4 Å². The molecule has 1 aromatic carbocycles. The van der Waals surface area contributed by atoms with E-state index in [-0.39, 0.29) is 21.8 Å². The number of hydrogen-bond acceptors (Lipinski definition) is 2. The molecule has 1 atom stereocenters. The van der Waals surface area contributed by atoms with Gasteiger partial charge in [-0.15, -0.1) is 11.6 Å². The Morgan fingerprint density at radius 3 is 2.47 bits per heavy atom. The Morgan fingerprint density at radius 1 is 1.37 bits per heavy atom. The molecule has 0 aliphatic carbocycles. The monoisotopic (exact) mass is 347 g/mol. The summed E-state index contributed by atoms with van der Waals surface area (Å²) in [4.78, 5) is -0.305. The second kappa shape index (κ2) is 6.59. The van der Waals surface area contributed by atoms with Crippen molar-refractivity contribution in [2.24, 2.45) is 0 Å². The first kappa shape index (κ1) is 17.0. The summed E-state index contributed by atoms with van der Waals surface area (Å²) in [6, 6.07) is 2.34. The fourth-order valence-corrected chi connectivity index (χ4v) is 3.35. The molecule has 1 rings (SSSR count). The van der Waals surface area contributed by atoms with E-state index >= 15 is 0 Å². The first-order valence-corrected chi connectivity index (χ1v) is 8.05. The van der Waals surface area contributed by atoms with E-state index < -0.39 is 20.9 Å². The van der Waals surface area contributed by atoms with Gasteiger partial charge in [0, 0.05) is 19.0 Å². The van der Waals surface area contributed by atoms with Gasteiger partial charge < -0.3 is 0 Å². The van der Waals surface area contributed by atoms with Crippen LogP contribution in [0.25, 0.3) is 0 Å². The van der Waals surface area contributed by atoms with Crippen LogP contribution < -0.4 is 0 Å². The molecule has 1 unspecified atom stereocenters. The normalized spacial score (nSPS) is 13.8. The van der Waals surface area contributed by atoms with E-state index in [2.05, 4.69) is 0 Å². The van der Waals surface area contributed by atoms with Crippen molar-refractivity contribution >= 4 is 44.8 Å². The zero-order valence-electron chi connectivity index (χ0n) is 10.3. The minimum atomic E-state index is -3.86. The van der Waals surface area contributed by atoms with Gasteiger partial charge in [-0.05, 0) is 25.5 Å². The Balaban J connectivity index is 3.10. The SMILES string of the molecule is CC(Cl)CCN(C)S(=O)(=O)c1ccc(Cl)c(F)c1Cl. The highest BCUT2D eigenvalue weighted by molar-refractivity contribution is 7.89. The van der Waals surface area contributed by atoms with Gasteiger partial charge >= 0.3 is 0 Å². The van der Waals surface area contributed by atoms with Crippen LogP contribution in [-0.2, 0) is 10.0 Å². The number of nitrogens with zero attached hydrogens (tertiary/aromatic N) is 1. The van der Waals surface area contributed by atoms with E-state index in [1.54, 1.807) is 6.92 Å². The maximum Gasteiger partial charge on any atom is 0.244 e. The number of hydrogen-bond donors (Lipinski definition) is 0. The molecule has 0 amide bonds.